The molecule has 8 heteroatoms. The molecule has 26 heavy (non-hydrogen) atoms. The number of Topliss-reactive ketones (excluding diaryl/α,β-unsaturated/α-hetero) is 1. The second kappa shape index (κ2) is 9.99. The number of nitrogens with one attached hydrogen (secondary N) is 1. The fourth-order valence-corrected chi connectivity index (χ4v) is 3.20. The molecule has 1 saturated heterocycles. The van der Waals surface area contributed by atoms with Crippen LogP contribution in [-0.2, 0) is 23.9 Å². The van der Waals surface area contributed by atoms with E-state index in [1.807, 2.05) is 6.92 Å². The molecule has 1 aliphatic heterocycles. The number of carboxylic acids is 1. The van der Waals surface area contributed by atoms with Gasteiger partial charge in [0, 0.05) is 19.3 Å². The fourth-order valence-electron chi connectivity index (χ4n) is 3.20. The highest BCUT2D eigenvalue weighted by Gasteiger charge is 2.50. The van der Waals surface area contributed by atoms with Crippen LogP contribution >= 0.6 is 0 Å². The van der Waals surface area contributed by atoms with Crippen molar-refractivity contribution in [1.82, 2.24) is 5.32 Å². The Labute approximate surface area is 154 Å². The summed E-state index contributed by atoms with van der Waals surface area (Å²) in [4.78, 5) is 35.6. The number of aliphatic hydroxyl groups is 1. The summed E-state index contributed by atoms with van der Waals surface area (Å²) >= 11 is 0. The average Bonchev–Trinajstić information content (AvgIpc) is 2.52. The first-order valence-corrected chi connectivity index (χ1v) is 9.10. The molecule has 1 fully saturated rings. The summed E-state index contributed by atoms with van der Waals surface area (Å²) in [7, 11) is 0. The lowest BCUT2D eigenvalue weighted by Gasteiger charge is -2.44. The van der Waals surface area contributed by atoms with Crippen LogP contribution in [0.4, 0.5) is 0 Å². The van der Waals surface area contributed by atoms with Crippen molar-refractivity contribution in [2.24, 2.45) is 5.92 Å². The quantitative estimate of drug-likeness (QED) is 0.549. The van der Waals surface area contributed by atoms with Crippen molar-refractivity contribution < 1.29 is 34.1 Å². The van der Waals surface area contributed by atoms with Crippen molar-refractivity contribution in [3.63, 3.8) is 0 Å². The summed E-state index contributed by atoms with van der Waals surface area (Å²) in [5, 5.41) is 22.7. The van der Waals surface area contributed by atoms with Crippen LogP contribution in [0.5, 0.6) is 0 Å². The molecule has 1 aliphatic rings. The van der Waals surface area contributed by atoms with Crippen LogP contribution in [0.25, 0.3) is 0 Å². The Morgan fingerprint density at radius 2 is 1.85 bits per heavy atom. The van der Waals surface area contributed by atoms with Crippen molar-refractivity contribution in [2.75, 3.05) is 0 Å². The Morgan fingerprint density at radius 1 is 1.23 bits per heavy atom. The third-order valence-corrected chi connectivity index (χ3v) is 4.44. The van der Waals surface area contributed by atoms with Gasteiger partial charge in [-0.3, -0.25) is 9.59 Å². The van der Waals surface area contributed by atoms with Gasteiger partial charge in [0.2, 0.25) is 5.91 Å². The van der Waals surface area contributed by atoms with E-state index < -0.39 is 42.3 Å². The SMILES string of the molecule is CCCC(C)C(=O)CC1OC(C(=O)O)C(OC(C)C)C(O)C1NC(C)=O. The normalized spacial score (nSPS) is 30.0. The zero-order valence-corrected chi connectivity index (χ0v) is 16.1. The van der Waals surface area contributed by atoms with Crippen LogP contribution in [0.3, 0.4) is 0 Å². The van der Waals surface area contributed by atoms with Gasteiger partial charge in [0.05, 0.1) is 18.2 Å². The molecule has 3 N–H and O–H groups in total. The van der Waals surface area contributed by atoms with E-state index in [0.717, 1.165) is 6.42 Å². The van der Waals surface area contributed by atoms with Crippen LogP contribution in [-0.4, -0.2) is 64.4 Å². The van der Waals surface area contributed by atoms with Gasteiger partial charge in [0.1, 0.15) is 18.0 Å². The highest BCUT2D eigenvalue weighted by atomic mass is 16.6. The van der Waals surface area contributed by atoms with E-state index in [2.05, 4.69) is 5.32 Å². The second-order valence-corrected chi connectivity index (χ2v) is 7.16. The number of hydrogen-bond donors (Lipinski definition) is 3. The lowest BCUT2D eigenvalue weighted by molar-refractivity contribution is -0.220. The highest BCUT2D eigenvalue weighted by Crippen LogP contribution is 2.28. The molecule has 1 rings (SSSR count). The lowest BCUT2D eigenvalue weighted by atomic mass is 9.87. The van der Waals surface area contributed by atoms with E-state index in [4.69, 9.17) is 9.47 Å². The number of hydrogen-bond acceptors (Lipinski definition) is 6. The van der Waals surface area contributed by atoms with E-state index >= 15 is 0 Å². The number of carboxylic acid groups (broad SMARTS) is 1. The second-order valence-electron chi connectivity index (χ2n) is 7.16. The number of carbonyl (C=O) groups is 3. The Kier molecular flexibility index (Phi) is 8.66. The molecule has 6 unspecified atom stereocenters. The summed E-state index contributed by atoms with van der Waals surface area (Å²) in [6.45, 7) is 8.48. The number of amides is 1. The number of ketones is 1. The molecule has 1 heterocycles. The molecule has 0 bridgehead atoms. The number of aliphatic hydroxyl groups excluding tert-OH is 1. The molecular weight excluding hydrogens is 342 g/mol. The summed E-state index contributed by atoms with van der Waals surface area (Å²) in [6, 6.07) is -0.926. The van der Waals surface area contributed by atoms with Crippen molar-refractivity contribution in [1.29, 1.82) is 0 Å². The molecule has 0 aromatic carbocycles. The number of carbonyl (C=O) groups excluding carboxylic acids is 2. The predicted octanol–water partition coefficient (Wildman–Crippen LogP) is 0.893. The Hall–Kier alpha value is -1.51. The Morgan fingerprint density at radius 3 is 2.31 bits per heavy atom. The van der Waals surface area contributed by atoms with Crippen LogP contribution in [0.2, 0.25) is 0 Å². The van der Waals surface area contributed by atoms with Gasteiger partial charge < -0.3 is 25.0 Å². The first-order valence-electron chi connectivity index (χ1n) is 9.10. The molecule has 150 valence electrons. The smallest absolute Gasteiger partial charge is 0.335 e. The predicted molar refractivity (Wildman–Crippen MR) is 93.6 cm³/mol. The summed E-state index contributed by atoms with van der Waals surface area (Å²) in [5.74, 6) is -1.98. The van der Waals surface area contributed by atoms with Gasteiger partial charge in [-0.15, -0.1) is 0 Å². The van der Waals surface area contributed by atoms with Gasteiger partial charge >= 0.3 is 5.97 Å². The van der Waals surface area contributed by atoms with Crippen LogP contribution in [0.1, 0.15) is 53.9 Å². The number of aliphatic carboxylic acids is 1. The fraction of sp³-hybridized carbons (Fsp3) is 0.833. The molecule has 0 aromatic heterocycles. The van der Waals surface area contributed by atoms with Gasteiger partial charge in [-0.1, -0.05) is 20.3 Å². The zero-order chi connectivity index (χ0) is 20.0. The van der Waals surface area contributed by atoms with E-state index in [0.29, 0.717) is 6.42 Å². The molecule has 0 spiro atoms. The van der Waals surface area contributed by atoms with E-state index in [1.54, 1.807) is 20.8 Å². The van der Waals surface area contributed by atoms with Gasteiger partial charge in [0.15, 0.2) is 6.10 Å². The molecule has 0 aromatic rings. The minimum absolute atomic E-state index is 0.0820. The molecule has 0 aliphatic carbocycles. The molecule has 8 nitrogen and oxygen atoms in total. The van der Waals surface area contributed by atoms with Crippen LogP contribution < -0.4 is 5.32 Å². The lowest BCUT2D eigenvalue weighted by Crippen LogP contribution is -2.66. The summed E-state index contributed by atoms with van der Waals surface area (Å²) in [5.41, 5.74) is 0. The summed E-state index contributed by atoms with van der Waals surface area (Å²) < 4.78 is 11.2. The highest BCUT2D eigenvalue weighted by molar-refractivity contribution is 5.81. The van der Waals surface area contributed by atoms with Gasteiger partial charge in [0.25, 0.3) is 0 Å². The first kappa shape index (κ1) is 22.5. The molecule has 1 amide bonds. The molecule has 0 saturated carbocycles. The molecular formula is C18H31NO7. The van der Waals surface area contributed by atoms with E-state index in [1.165, 1.54) is 6.92 Å². The van der Waals surface area contributed by atoms with Crippen molar-refractivity contribution >= 4 is 17.7 Å². The third kappa shape index (κ3) is 6.03. The van der Waals surface area contributed by atoms with Crippen LogP contribution in [0.15, 0.2) is 0 Å². The first-order chi connectivity index (χ1) is 12.1. The summed E-state index contributed by atoms with van der Waals surface area (Å²) in [6.07, 6.45) is -3.69. The number of rotatable bonds is 9. The number of ether oxygens (including phenoxy) is 2. The third-order valence-electron chi connectivity index (χ3n) is 4.44. The minimum atomic E-state index is -1.42. The average molecular weight is 373 g/mol. The molecule has 6 atom stereocenters. The Bertz CT molecular complexity index is 508. The van der Waals surface area contributed by atoms with Crippen molar-refractivity contribution in [3.05, 3.63) is 0 Å². The Balaban J connectivity index is 3.07. The monoisotopic (exact) mass is 373 g/mol. The maximum Gasteiger partial charge on any atom is 0.335 e. The van der Waals surface area contributed by atoms with E-state index in [9.17, 15) is 24.6 Å². The van der Waals surface area contributed by atoms with Gasteiger partial charge in [-0.2, -0.15) is 0 Å². The van der Waals surface area contributed by atoms with E-state index in [-0.39, 0.29) is 24.2 Å². The van der Waals surface area contributed by atoms with Crippen molar-refractivity contribution in [3.8, 4) is 0 Å². The maximum absolute atomic E-state index is 12.4. The van der Waals surface area contributed by atoms with Gasteiger partial charge in [-0.25, -0.2) is 4.79 Å². The zero-order valence-electron chi connectivity index (χ0n) is 16.1. The van der Waals surface area contributed by atoms with Crippen LogP contribution in [0, 0.1) is 5.92 Å². The standard InChI is InChI=1S/C18H31NO7/c1-6-7-10(4)12(21)8-13-14(19-11(5)20)15(22)16(25-9(2)3)17(26-13)18(23)24/h9-10,13-17,22H,6-8H2,1-5H3,(H,19,20)(H,23,24). The largest absolute Gasteiger partial charge is 0.479 e. The topological polar surface area (TPSA) is 122 Å². The maximum atomic E-state index is 12.4. The van der Waals surface area contributed by atoms with Gasteiger partial charge in [-0.05, 0) is 20.3 Å². The molecule has 0 radical (unpaired) electrons. The minimum Gasteiger partial charge on any atom is -0.479 e. The van der Waals surface area contributed by atoms with Crippen molar-refractivity contribution in [2.45, 2.75) is 90.4 Å².